The monoisotopic (exact) mass is 559 g/mol. The molecule has 40 heavy (non-hydrogen) atoms. The zero-order valence-corrected chi connectivity index (χ0v) is 27.9. The van der Waals surface area contributed by atoms with Gasteiger partial charge in [-0.15, -0.1) is 5.47 Å². The van der Waals surface area contributed by atoms with Gasteiger partial charge < -0.3 is 25.8 Å². The number of allylic oxidation sites excluding steroid dienone is 3. The summed E-state index contributed by atoms with van der Waals surface area (Å²) in [7, 11) is 6.03. The van der Waals surface area contributed by atoms with Gasteiger partial charge in [0.25, 0.3) is 0 Å². The molecule has 0 spiro atoms. The molecule has 230 valence electrons. The van der Waals surface area contributed by atoms with Gasteiger partial charge in [0.15, 0.2) is 0 Å². The molecule has 0 amide bonds. The largest absolute Gasteiger partial charge is 0.498 e. The Labute approximate surface area is 248 Å². The fraction of sp³-hybridized carbons (Fsp3) is 0.788. The summed E-state index contributed by atoms with van der Waals surface area (Å²) in [6.07, 6.45) is 6.82. The number of hydrogen-bond acceptors (Lipinski definition) is 6. The van der Waals surface area contributed by atoms with Crippen LogP contribution < -0.4 is 16.4 Å². The molecule has 7 heteroatoms. The van der Waals surface area contributed by atoms with Crippen LogP contribution in [0.4, 0.5) is 0 Å². The second-order valence-corrected chi connectivity index (χ2v) is 13.3. The fourth-order valence-electron chi connectivity index (χ4n) is 5.26. The van der Waals surface area contributed by atoms with E-state index in [0.29, 0.717) is 19.8 Å². The molecule has 4 N–H and O–H groups in total. The van der Waals surface area contributed by atoms with Gasteiger partial charge in [0.2, 0.25) is 0 Å². The van der Waals surface area contributed by atoms with Crippen molar-refractivity contribution >= 4 is 13.8 Å². The van der Waals surface area contributed by atoms with E-state index in [4.69, 9.17) is 23.1 Å². The first-order chi connectivity index (χ1) is 18.4. The Bertz CT molecular complexity index is 838. The first-order valence-electron chi connectivity index (χ1n) is 15.2. The van der Waals surface area contributed by atoms with Crippen molar-refractivity contribution in [3.63, 3.8) is 0 Å². The highest BCUT2D eigenvalue weighted by molar-refractivity contribution is 6.21. The van der Waals surface area contributed by atoms with Crippen LogP contribution in [0.2, 0.25) is 0 Å². The van der Waals surface area contributed by atoms with Crippen molar-refractivity contribution < 1.29 is 14.3 Å². The minimum Gasteiger partial charge on any atom is -0.498 e. The number of nitrogens with one attached hydrogen (secondary N) is 2. The zero-order valence-electron chi connectivity index (χ0n) is 27.9. The van der Waals surface area contributed by atoms with E-state index < -0.39 is 10.8 Å². The van der Waals surface area contributed by atoms with Gasteiger partial charge in [-0.3, -0.25) is 4.79 Å². The second-order valence-electron chi connectivity index (χ2n) is 13.3. The van der Waals surface area contributed by atoms with E-state index in [1.807, 2.05) is 13.8 Å². The Morgan fingerprint density at radius 1 is 0.975 bits per heavy atom. The van der Waals surface area contributed by atoms with Crippen LogP contribution in [0.1, 0.15) is 95.4 Å². The molecule has 0 aromatic rings. The van der Waals surface area contributed by atoms with E-state index in [1.165, 1.54) is 0 Å². The van der Waals surface area contributed by atoms with Crippen molar-refractivity contribution in [3.8, 4) is 0 Å². The molecule has 0 aromatic heterocycles. The molecule has 0 fully saturated rings. The Morgan fingerprint density at radius 3 is 2.02 bits per heavy atom. The van der Waals surface area contributed by atoms with E-state index in [9.17, 15) is 4.79 Å². The normalized spacial score (nSPS) is 15.9. The minimum atomic E-state index is -0.435. The molecule has 2 unspecified atom stereocenters. The summed E-state index contributed by atoms with van der Waals surface area (Å²) in [5.74, 6) is 0.280. The van der Waals surface area contributed by atoms with Crippen LogP contribution in [0, 0.1) is 27.6 Å². The third-order valence-electron chi connectivity index (χ3n) is 9.57. The van der Waals surface area contributed by atoms with E-state index in [1.54, 1.807) is 0 Å². The second kappa shape index (κ2) is 17.4. The number of hydrogen-bond donors (Lipinski definition) is 3. The van der Waals surface area contributed by atoms with Gasteiger partial charge in [-0.05, 0) is 54.2 Å². The number of ether oxygens (including phenoxy) is 2. The zero-order chi connectivity index (χ0) is 31.2. The lowest BCUT2D eigenvalue weighted by atomic mass is 9.44. The maximum absolute atomic E-state index is 13.2. The Hall–Kier alpha value is -1.57. The molecule has 0 bridgehead atoms. The first kappa shape index (κ1) is 38.4. The maximum Gasteiger partial charge on any atom is 0.309 e. The predicted octanol–water partition coefficient (Wildman–Crippen LogP) is 6.13. The third kappa shape index (κ3) is 10.4. The molecular formula is C33H62BN3O3. The van der Waals surface area contributed by atoms with Crippen molar-refractivity contribution in [3.05, 3.63) is 35.5 Å². The molecule has 6 nitrogen and oxygen atoms in total. The van der Waals surface area contributed by atoms with Crippen molar-refractivity contribution in [2.75, 3.05) is 45.9 Å². The van der Waals surface area contributed by atoms with Gasteiger partial charge in [0.1, 0.15) is 7.85 Å². The van der Waals surface area contributed by atoms with Gasteiger partial charge in [0.05, 0.1) is 24.9 Å². The van der Waals surface area contributed by atoms with E-state index in [-0.39, 0.29) is 22.7 Å². The quantitative estimate of drug-likeness (QED) is 0.0547. The topological polar surface area (TPSA) is 85.6 Å². The maximum atomic E-state index is 13.2. The molecule has 0 aliphatic rings. The van der Waals surface area contributed by atoms with Gasteiger partial charge in [-0.1, -0.05) is 94.9 Å². The van der Waals surface area contributed by atoms with Crippen molar-refractivity contribution in [2.24, 2.45) is 33.3 Å². The molecule has 0 rings (SSSR count). The standard InChI is InChI=1S/C33H62BN3O3/c1-13-14-17-28(26(3)34)24-37-20-16-22-39-27(4)33(12,30(5,6)7)32(10,11)31(8,9)25(2)29(38)40-23-15-19-36-21-18-35/h14,17,25,36-37H,4,13,15-16,18-24,35H2,1-3,5-12H3/b17-14-,28-26-. The summed E-state index contributed by atoms with van der Waals surface area (Å²) in [6, 6.07) is 0. The molecule has 0 aliphatic heterocycles. The Kier molecular flexibility index (Phi) is 16.7. The summed E-state index contributed by atoms with van der Waals surface area (Å²) in [6.45, 7) is 32.9. The average molecular weight is 560 g/mol. The Balaban J connectivity index is 5.38. The molecule has 2 atom stereocenters. The molecule has 0 saturated heterocycles. The summed E-state index contributed by atoms with van der Waals surface area (Å²) in [4.78, 5) is 13.2. The van der Waals surface area contributed by atoms with Crippen LogP contribution in [-0.2, 0) is 14.3 Å². The molecular weight excluding hydrogens is 497 g/mol. The number of rotatable bonds is 20. The summed E-state index contributed by atoms with van der Waals surface area (Å²) in [5.41, 5.74) is 6.08. The minimum absolute atomic E-state index is 0.166. The lowest BCUT2D eigenvalue weighted by Crippen LogP contribution is -2.56. The van der Waals surface area contributed by atoms with Crippen LogP contribution >= 0.6 is 0 Å². The summed E-state index contributed by atoms with van der Waals surface area (Å²) >= 11 is 0. The van der Waals surface area contributed by atoms with E-state index in [2.05, 4.69) is 91.7 Å². The first-order valence-corrected chi connectivity index (χ1v) is 15.2. The predicted molar refractivity (Wildman–Crippen MR) is 172 cm³/mol. The number of esters is 1. The highest BCUT2D eigenvalue weighted by atomic mass is 16.5. The van der Waals surface area contributed by atoms with E-state index in [0.717, 1.165) is 62.2 Å². The third-order valence-corrected chi connectivity index (χ3v) is 9.57. The van der Waals surface area contributed by atoms with Gasteiger partial charge in [-0.2, -0.15) is 0 Å². The molecule has 0 saturated carbocycles. The molecule has 0 aliphatic carbocycles. The SMILES string of the molecule is [B]/C(C)=C(/C=C\CC)CNCCCOC(=C)C(C)(C(C)(C)C)C(C)(C)C(C)(C)C(C)C(=O)OCCCNCCN. The van der Waals surface area contributed by atoms with Crippen LogP contribution in [0.5, 0.6) is 0 Å². The van der Waals surface area contributed by atoms with Crippen LogP contribution in [-0.4, -0.2) is 59.8 Å². The van der Waals surface area contributed by atoms with Crippen molar-refractivity contribution in [1.82, 2.24) is 10.6 Å². The smallest absolute Gasteiger partial charge is 0.309 e. The summed E-state index contributed by atoms with van der Waals surface area (Å²) < 4.78 is 12.1. The van der Waals surface area contributed by atoms with E-state index >= 15 is 0 Å². The van der Waals surface area contributed by atoms with Gasteiger partial charge >= 0.3 is 5.97 Å². The number of carbonyl (C=O) groups excluding carboxylic acids is 1. The average Bonchev–Trinajstić information content (AvgIpc) is 2.87. The molecule has 0 aromatic carbocycles. The van der Waals surface area contributed by atoms with Crippen molar-refractivity contribution in [2.45, 2.75) is 95.4 Å². The van der Waals surface area contributed by atoms with Gasteiger partial charge in [0, 0.05) is 25.0 Å². The van der Waals surface area contributed by atoms with Crippen LogP contribution in [0.3, 0.4) is 0 Å². The molecule has 0 heterocycles. The van der Waals surface area contributed by atoms with Crippen LogP contribution in [0.25, 0.3) is 0 Å². The highest BCUT2D eigenvalue weighted by Crippen LogP contribution is 2.64. The van der Waals surface area contributed by atoms with Gasteiger partial charge in [-0.25, -0.2) is 0 Å². The lowest BCUT2D eigenvalue weighted by molar-refractivity contribution is -0.166. The Morgan fingerprint density at radius 2 is 1.52 bits per heavy atom. The lowest BCUT2D eigenvalue weighted by Gasteiger charge is -2.60. The number of nitrogens with two attached hydrogens (primary N) is 1. The van der Waals surface area contributed by atoms with Crippen molar-refractivity contribution in [1.29, 1.82) is 0 Å². The summed E-state index contributed by atoms with van der Waals surface area (Å²) in [5, 5.41) is 6.70. The van der Waals surface area contributed by atoms with Crippen LogP contribution in [0.15, 0.2) is 35.5 Å². The molecule has 2 radical (unpaired) electrons. The highest BCUT2D eigenvalue weighted by Gasteiger charge is 2.60. The number of carbonyl (C=O) groups is 1. The fourth-order valence-corrected chi connectivity index (χ4v) is 5.26.